The molecule has 2 amide bonds. The molecule has 8 heteroatoms. The average Bonchev–Trinajstić information content (AvgIpc) is 2.44. The van der Waals surface area contributed by atoms with E-state index in [0.717, 1.165) is 18.2 Å². The predicted molar refractivity (Wildman–Crippen MR) is 73.3 cm³/mol. The maximum Gasteiger partial charge on any atom is 0.304 e. The van der Waals surface area contributed by atoms with E-state index in [1.807, 2.05) is 0 Å². The summed E-state index contributed by atoms with van der Waals surface area (Å²) in [7, 11) is 1.59. The van der Waals surface area contributed by atoms with Crippen molar-refractivity contribution in [3.05, 3.63) is 39.7 Å². The van der Waals surface area contributed by atoms with Gasteiger partial charge in [0, 0.05) is 25.2 Å². The minimum Gasteiger partial charge on any atom is -0.344 e. The van der Waals surface area contributed by atoms with Gasteiger partial charge in [-0.2, -0.15) is 4.39 Å². The lowest BCUT2D eigenvalue weighted by Gasteiger charge is -2.20. The maximum absolute atomic E-state index is 13.4. The fraction of sp³-hybridized carbons (Fsp3) is 0.385. The van der Waals surface area contributed by atoms with E-state index in [1.165, 1.54) is 11.8 Å². The molecule has 0 aliphatic heterocycles. The van der Waals surface area contributed by atoms with Gasteiger partial charge in [0.25, 0.3) is 5.91 Å². The average molecular weight is 297 g/mol. The highest BCUT2D eigenvalue weighted by molar-refractivity contribution is 5.97. The monoisotopic (exact) mass is 297 g/mol. The summed E-state index contributed by atoms with van der Waals surface area (Å²) in [4.78, 5) is 34.7. The van der Waals surface area contributed by atoms with Gasteiger partial charge in [-0.25, -0.2) is 0 Å². The summed E-state index contributed by atoms with van der Waals surface area (Å²) in [5.41, 5.74) is -0.793. The van der Waals surface area contributed by atoms with Crippen LogP contribution >= 0.6 is 0 Å². The number of hydrogen-bond donors (Lipinski definition) is 1. The fourth-order valence-corrected chi connectivity index (χ4v) is 1.62. The molecule has 1 atom stereocenters. The number of nitro groups is 1. The van der Waals surface area contributed by atoms with Crippen molar-refractivity contribution in [3.63, 3.8) is 0 Å². The SMILES string of the molecule is CCN(C)C(=O)C(C)NC(=O)c1ccc([N+](=O)[O-])c(F)c1. The largest absolute Gasteiger partial charge is 0.344 e. The second kappa shape index (κ2) is 6.78. The van der Waals surface area contributed by atoms with Crippen LogP contribution in [-0.4, -0.2) is 41.3 Å². The third kappa shape index (κ3) is 3.98. The Hall–Kier alpha value is -2.51. The van der Waals surface area contributed by atoms with E-state index in [1.54, 1.807) is 14.0 Å². The van der Waals surface area contributed by atoms with E-state index in [9.17, 15) is 24.1 Å². The lowest BCUT2D eigenvalue weighted by Crippen LogP contribution is -2.45. The zero-order chi connectivity index (χ0) is 16.2. The number of rotatable bonds is 5. The molecular formula is C13H16FN3O4. The second-order valence-corrected chi connectivity index (χ2v) is 4.47. The highest BCUT2D eigenvalue weighted by Crippen LogP contribution is 2.18. The van der Waals surface area contributed by atoms with E-state index in [-0.39, 0.29) is 11.5 Å². The van der Waals surface area contributed by atoms with Crippen LogP contribution in [0.1, 0.15) is 24.2 Å². The number of carbonyl (C=O) groups is 2. The third-order valence-electron chi connectivity index (χ3n) is 2.98. The summed E-state index contributed by atoms with van der Waals surface area (Å²) in [5, 5.41) is 12.9. The van der Waals surface area contributed by atoms with Crippen molar-refractivity contribution in [2.45, 2.75) is 19.9 Å². The molecule has 1 aromatic carbocycles. The van der Waals surface area contributed by atoms with Crippen LogP contribution in [0.3, 0.4) is 0 Å². The number of nitrogens with one attached hydrogen (secondary N) is 1. The van der Waals surface area contributed by atoms with Gasteiger partial charge in [0.05, 0.1) is 4.92 Å². The number of hydrogen-bond acceptors (Lipinski definition) is 4. The molecule has 0 saturated heterocycles. The molecule has 0 heterocycles. The zero-order valence-electron chi connectivity index (χ0n) is 11.9. The Balaban J connectivity index is 2.83. The molecule has 0 bridgehead atoms. The van der Waals surface area contributed by atoms with Crippen LogP contribution in [0.2, 0.25) is 0 Å². The van der Waals surface area contributed by atoms with Crippen molar-refractivity contribution >= 4 is 17.5 Å². The smallest absolute Gasteiger partial charge is 0.304 e. The van der Waals surface area contributed by atoms with Crippen molar-refractivity contribution in [1.29, 1.82) is 0 Å². The summed E-state index contributed by atoms with van der Waals surface area (Å²) < 4.78 is 13.4. The molecule has 1 unspecified atom stereocenters. The number of halogens is 1. The summed E-state index contributed by atoms with van der Waals surface area (Å²) in [6, 6.07) is 2.04. The van der Waals surface area contributed by atoms with Crippen LogP contribution < -0.4 is 5.32 Å². The standard InChI is InChI=1S/C13H16FN3O4/c1-4-16(3)13(19)8(2)15-12(18)9-5-6-11(17(20)21)10(14)7-9/h5-8H,4H2,1-3H3,(H,15,18). The van der Waals surface area contributed by atoms with Gasteiger partial charge in [-0.05, 0) is 26.0 Å². The summed E-state index contributed by atoms with van der Waals surface area (Å²) in [6.45, 7) is 3.79. The molecule has 0 radical (unpaired) electrons. The predicted octanol–water partition coefficient (Wildman–Crippen LogP) is 1.33. The molecule has 0 aliphatic rings. The van der Waals surface area contributed by atoms with Gasteiger partial charge in [-0.1, -0.05) is 0 Å². The first-order valence-electron chi connectivity index (χ1n) is 6.27. The van der Waals surface area contributed by atoms with Crippen LogP contribution in [0.4, 0.5) is 10.1 Å². The van der Waals surface area contributed by atoms with Crippen LogP contribution in [0.25, 0.3) is 0 Å². The first-order chi connectivity index (χ1) is 9.77. The molecule has 0 fully saturated rings. The molecule has 0 aromatic heterocycles. The Bertz CT molecular complexity index is 577. The highest BCUT2D eigenvalue weighted by Gasteiger charge is 2.21. The first-order valence-corrected chi connectivity index (χ1v) is 6.27. The molecule has 21 heavy (non-hydrogen) atoms. The quantitative estimate of drug-likeness (QED) is 0.655. The van der Waals surface area contributed by atoms with Gasteiger partial charge in [-0.3, -0.25) is 19.7 Å². The Morgan fingerprint density at radius 3 is 2.57 bits per heavy atom. The molecule has 0 spiro atoms. The molecule has 1 N–H and O–H groups in total. The maximum atomic E-state index is 13.4. The van der Waals surface area contributed by atoms with Gasteiger partial charge in [0.15, 0.2) is 0 Å². The van der Waals surface area contributed by atoms with E-state index in [0.29, 0.717) is 6.54 Å². The van der Waals surface area contributed by atoms with Gasteiger partial charge in [0.2, 0.25) is 11.7 Å². The van der Waals surface area contributed by atoms with Gasteiger partial charge >= 0.3 is 5.69 Å². The third-order valence-corrected chi connectivity index (χ3v) is 2.98. The number of carbonyl (C=O) groups excluding carboxylic acids is 2. The Morgan fingerprint density at radius 1 is 1.48 bits per heavy atom. The number of benzene rings is 1. The zero-order valence-corrected chi connectivity index (χ0v) is 11.9. The number of nitrogens with zero attached hydrogens (tertiary/aromatic N) is 2. The van der Waals surface area contributed by atoms with Crippen LogP contribution in [0, 0.1) is 15.9 Å². The van der Waals surface area contributed by atoms with E-state index in [4.69, 9.17) is 0 Å². The minimum atomic E-state index is -1.10. The summed E-state index contributed by atoms with van der Waals surface area (Å²) in [6.07, 6.45) is 0. The Morgan fingerprint density at radius 2 is 2.10 bits per heavy atom. The van der Waals surface area contributed by atoms with Crippen molar-refractivity contribution in [3.8, 4) is 0 Å². The van der Waals surface area contributed by atoms with Gasteiger partial charge in [0.1, 0.15) is 6.04 Å². The lowest BCUT2D eigenvalue weighted by atomic mass is 10.1. The fourth-order valence-electron chi connectivity index (χ4n) is 1.62. The molecule has 114 valence electrons. The lowest BCUT2D eigenvalue weighted by molar-refractivity contribution is -0.387. The number of amides is 2. The van der Waals surface area contributed by atoms with Crippen LogP contribution in [0.15, 0.2) is 18.2 Å². The Kier molecular flexibility index (Phi) is 5.34. The molecule has 1 aromatic rings. The van der Waals surface area contributed by atoms with Gasteiger partial charge in [-0.15, -0.1) is 0 Å². The topological polar surface area (TPSA) is 92.6 Å². The Labute approximate surface area is 120 Å². The molecule has 0 aliphatic carbocycles. The minimum absolute atomic E-state index is 0.0862. The first kappa shape index (κ1) is 16.5. The van der Waals surface area contributed by atoms with Crippen molar-refractivity contribution in [2.24, 2.45) is 0 Å². The van der Waals surface area contributed by atoms with E-state index >= 15 is 0 Å². The van der Waals surface area contributed by atoms with Crippen molar-refractivity contribution in [2.75, 3.05) is 13.6 Å². The van der Waals surface area contributed by atoms with Gasteiger partial charge < -0.3 is 10.2 Å². The number of likely N-dealkylation sites (N-methyl/N-ethyl adjacent to an activating group) is 1. The highest BCUT2D eigenvalue weighted by atomic mass is 19.1. The molecule has 1 rings (SSSR count). The van der Waals surface area contributed by atoms with Crippen molar-refractivity contribution in [1.82, 2.24) is 10.2 Å². The summed E-state index contributed by atoms with van der Waals surface area (Å²) in [5.74, 6) is -2.06. The molecule has 0 saturated carbocycles. The van der Waals surface area contributed by atoms with Crippen molar-refractivity contribution < 1.29 is 18.9 Å². The van der Waals surface area contributed by atoms with E-state index in [2.05, 4.69) is 5.32 Å². The summed E-state index contributed by atoms with van der Waals surface area (Å²) >= 11 is 0. The molecular weight excluding hydrogens is 281 g/mol. The second-order valence-electron chi connectivity index (χ2n) is 4.47. The molecule has 7 nitrogen and oxygen atoms in total. The van der Waals surface area contributed by atoms with Crippen LogP contribution in [-0.2, 0) is 4.79 Å². The van der Waals surface area contributed by atoms with E-state index < -0.39 is 28.4 Å². The van der Waals surface area contributed by atoms with Crippen LogP contribution in [0.5, 0.6) is 0 Å². The normalized spacial score (nSPS) is 11.6. The number of nitro benzene ring substituents is 1.